The molecular weight excluding hydrogens is 350 g/mol. The van der Waals surface area contributed by atoms with Crippen LogP contribution in [0.25, 0.3) is 0 Å². The van der Waals surface area contributed by atoms with Crippen molar-refractivity contribution < 1.29 is 0 Å². The lowest BCUT2D eigenvalue weighted by molar-refractivity contribution is -0.307. The van der Waals surface area contributed by atoms with Gasteiger partial charge in [-0.2, -0.15) is 0 Å². The number of rotatable bonds is 0. The normalized spacial score (nSPS) is 56.6. The van der Waals surface area contributed by atoms with Crippen LogP contribution in [0.1, 0.15) is 64.2 Å². The van der Waals surface area contributed by atoms with Gasteiger partial charge in [-0.1, -0.05) is 0 Å². The maximum atomic E-state index is 13.4. The van der Waals surface area contributed by atoms with Crippen LogP contribution in [0.3, 0.4) is 0 Å². The number of aromatic nitrogens is 3. The van der Waals surface area contributed by atoms with Crippen molar-refractivity contribution in [3.63, 3.8) is 0 Å². The topological polar surface area (TPSA) is 48.9 Å². The smallest absolute Gasteiger partial charge is 0.246 e. The van der Waals surface area contributed by atoms with E-state index in [-0.39, 0.29) is 22.5 Å². The largest absolute Gasteiger partial charge is 0.347 e. The molecule has 0 radical (unpaired) electrons. The molecule has 1 aliphatic heterocycles. The van der Waals surface area contributed by atoms with Crippen LogP contribution in [-0.4, -0.2) is 13.9 Å². The van der Waals surface area contributed by atoms with E-state index in [4.69, 9.17) is 0 Å². The van der Waals surface area contributed by atoms with Crippen molar-refractivity contribution in [2.24, 2.45) is 54.4 Å². The zero-order valence-electron chi connectivity index (χ0n) is 16.8. The van der Waals surface area contributed by atoms with Crippen LogP contribution in [0, 0.1) is 47.3 Å². The van der Waals surface area contributed by atoms with E-state index >= 15 is 0 Å². The lowest BCUT2D eigenvalue weighted by Crippen LogP contribution is -2.87. The van der Waals surface area contributed by atoms with Gasteiger partial charge in [0, 0.05) is 7.05 Å². The lowest BCUT2D eigenvalue weighted by atomic mass is 9.34. The van der Waals surface area contributed by atoms with Gasteiger partial charge in [-0.3, -0.25) is 0 Å². The Morgan fingerprint density at radius 2 is 0.857 bits per heavy atom. The number of hydrogen-bond acceptors (Lipinski definition) is 2. The minimum absolute atomic E-state index is 0.0168. The van der Waals surface area contributed by atoms with Crippen LogP contribution in [0.5, 0.6) is 0 Å². The monoisotopic (exact) mass is 381 g/mol. The number of fused-ring (bicyclic) bond motifs is 1. The molecule has 1 aromatic heterocycles. The maximum absolute atomic E-state index is 13.4. The Labute approximate surface area is 165 Å². The first kappa shape index (κ1) is 15.6. The first-order valence-electron chi connectivity index (χ1n) is 12.0. The highest BCUT2D eigenvalue weighted by molar-refractivity contribution is 5.29. The Bertz CT molecular complexity index is 890. The molecule has 5 nitrogen and oxygen atoms in total. The SMILES string of the molecule is Cn1c(=O)n2n(c1=O)C1(C3CC4CC(C3)CC1C4)C21C2CC3CC(C2)CC1C3. The van der Waals surface area contributed by atoms with E-state index in [9.17, 15) is 9.59 Å². The molecule has 150 valence electrons. The molecule has 9 aliphatic rings. The van der Waals surface area contributed by atoms with Gasteiger partial charge in [0.2, 0.25) is 0 Å². The predicted octanol–water partition coefficient (Wildman–Crippen LogP) is 2.66. The molecule has 8 saturated carbocycles. The van der Waals surface area contributed by atoms with Gasteiger partial charge in [-0.05, 0) is 112 Å². The average molecular weight is 382 g/mol. The molecule has 8 bridgehead atoms. The Morgan fingerprint density at radius 1 is 0.571 bits per heavy atom. The van der Waals surface area contributed by atoms with Crippen molar-refractivity contribution in [1.82, 2.24) is 13.9 Å². The minimum atomic E-state index is -0.0272. The highest BCUT2D eigenvalue weighted by Gasteiger charge is 2.81. The summed E-state index contributed by atoms with van der Waals surface area (Å²) in [5, 5.41) is 0. The Morgan fingerprint density at radius 3 is 1.14 bits per heavy atom. The number of nitrogens with zero attached hydrogens (tertiary/aromatic N) is 3. The molecule has 2 heterocycles. The molecule has 0 amide bonds. The van der Waals surface area contributed by atoms with Crippen molar-refractivity contribution >= 4 is 0 Å². The van der Waals surface area contributed by atoms with Crippen molar-refractivity contribution in [2.45, 2.75) is 75.3 Å². The van der Waals surface area contributed by atoms with E-state index in [0.29, 0.717) is 23.7 Å². The third kappa shape index (κ3) is 1.30. The first-order chi connectivity index (χ1) is 13.5. The molecular formula is C23H31N3O2. The molecule has 5 heteroatoms. The second-order valence-electron chi connectivity index (χ2n) is 12.0. The zero-order chi connectivity index (χ0) is 18.6. The van der Waals surface area contributed by atoms with Crippen molar-refractivity contribution in [1.29, 1.82) is 0 Å². The fourth-order valence-corrected chi connectivity index (χ4v) is 11.3. The van der Waals surface area contributed by atoms with Gasteiger partial charge >= 0.3 is 11.4 Å². The van der Waals surface area contributed by atoms with Gasteiger partial charge in [0.05, 0.1) is 11.1 Å². The molecule has 0 aromatic carbocycles. The van der Waals surface area contributed by atoms with Crippen LogP contribution < -0.4 is 11.4 Å². The maximum Gasteiger partial charge on any atom is 0.347 e. The minimum Gasteiger partial charge on any atom is -0.246 e. The molecule has 10 rings (SSSR count). The van der Waals surface area contributed by atoms with Crippen molar-refractivity contribution in [3.05, 3.63) is 21.0 Å². The molecule has 2 spiro atoms. The fourth-order valence-electron chi connectivity index (χ4n) is 11.3. The summed E-state index contributed by atoms with van der Waals surface area (Å²) in [6.07, 6.45) is 13.4. The second-order valence-corrected chi connectivity index (χ2v) is 12.0. The van der Waals surface area contributed by atoms with Crippen LogP contribution in [0.4, 0.5) is 0 Å². The molecule has 0 unspecified atom stereocenters. The predicted molar refractivity (Wildman–Crippen MR) is 104 cm³/mol. The van der Waals surface area contributed by atoms with Gasteiger partial charge in [0.15, 0.2) is 0 Å². The third-order valence-electron chi connectivity index (χ3n) is 11.2. The summed E-state index contributed by atoms with van der Waals surface area (Å²) in [7, 11) is 1.72. The summed E-state index contributed by atoms with van der Waals surface area (Å²) in [5.41, 5.74) is -0.0880. The molecule has 0 saturated heterocycles. The highest BCUT2D eigenvalue weighted by Crippen LogP contribution is 2.76. The quantitative estimate of drug-likeness (QED) is 0.694. The Balaban J connectivity index is 1.46. The van der Waals surface area contributed by atoms with E-state index in [2.05, 4.69) is 9.36 Å². The van der Waals surface area contributed by atoms with Crippen molar-refractivity contribution in [3.8, 4) is 0 Å². The van der Waals surface area contributed by atoms with E-state index in [1.807, 2.05) is 0 Å². The van der Waals surface area contributed by atoms with E-state index in [1.165, 1.54) is 68.8 Å². The Kier molecular flexibility index (Phi) is 2.45. The standard InChI is InChI=1S/C23H31N3O2/c1-24-20(27)25-22(16-4-12-2-13(6-16)7-17(22)5-12)23(26(25)21(24)28)18-8-14-3-15(10-18)11-19(23)9-14/h12-19H,2-11H2,1H3. The van der Waals surface area contributed by atoms with E-state index in [0.717, 1.165) is 23.7 Å². The van der Waals surface area contributed by atoms with Crippen molar-refractivity contribution in [2.75, 3.05) is 0 Å². The molecule has 8 fully saturated rings. The summed E-state index contributed by atoms with van der Waals surface area (Å²) in [6.45, 7) is 0. The third-order valence-corrected chi connectivity index (χ3v) is 11.2. The van der Waals surface area contributed by atoms with Crippen LogP contribution >= 0.6 is 0 Å². The molecule has 28 heavy (non-hydrogen) atoms. The first-order valence-corrected chi connectivity index (χ1v) is 12.0. The second kappa shape index (κ2) is 4.41. The lowest BCUT2D eigenvalue weighted by Gasteiger charge is -2.78. The van der Waals surface area contributed by atoms with E-state index < -0.39 is 0 Å². The zero-order valence-corrected chi connectivity index (χ0v) is 16.8. The number of hydrogen-bond donors (Lipinski definition) is 0. The average Bonchev–Trinajstić information content (AvgIpc) is 2.83. The Hall–Kier alpha value is -1.26. The summed E-state index contributed by atoms with van der Waals surface area (Å²) in [4.78, 5) is 26.8. The van der Waals surface area contributed by atoms with Gasteiger partial charge in [-0.25, -0.2) is 23.5 Å². The van der Waals surface area contributed by atoms with Gasteiger partial charge in [0.1, 0.15) is 0 Å². The summed E-state index contributed by atoms with van der Waals surface area (Å²) >= 11 is 0. The summed E-state index contributed by atoms with van der Waals surface area (Å²) in [6, 6.07) is 0. The fraction of sp³-hybridized carbons (Fsp3) is 0.913. The summed E-state index contributed by atoms with van der Waals surface area (Å²) in [5.74, 6) is 6.12. The molecule has 0 atom stereocenters. The van der Waals surface area contributed by atoms with Gasteiger partial charge in [0.25, 0.3) is 0 Å². The molecule has 8 aliphatic carbocycles. The van der Waals surface area contributed by atoms with Gasteiger partial charge < -0.3 is 0 Å². The molecule has 0 N–H and O–H groups in total. The van der Waals surface area contributed by atoms with Crippen LogP contribution in [-0.2, 0) is 18.1 Å². The van der Waals surface area contributed by atoms with Crippen LogP contribution in [0.2, 0.25) is 0 Å². The van der Waals surface area contributed by atoms with E-state index in [1.54, 1.807) is 7.05 Å². The summed E-state index contributed by atoms with van der Waals surface area (Å²) < 4.78 is 5.59. The van der Waals surface area contributed by atoms with Gasteiger partial charge in [-0.15, -0.1) is 0 Å². The highest BCUT2D eigenvalue weighted by atomic mass is 16.2. The molecule has 1 aromatic rings. The van der Waals surface area contributed by atoms with Crippen LogP contribution in [0.15, 0.2) is 9.59 Å².